The number of aromatic nitrogens is 1. The van der Waals surface area contributed by atoms with Crippen molar-refractivity contribution in [1.82, 2.24) is 4.98 Å². The molecule has 1 aromatic heterocycles. The average Bonchev–Trinajstić information content (AvgIpc) is 2.68. The molecule has 0 aliphatic heterocycles. The Morgan fingerprint density at radius 3 is 2.03 bits per heavy atom. The fourth-order valence-electron chi connectivity index (χ4n) is 2.41. The molecule has 5 nitrogen and oxygen atoms in total. The molecule has 0 unspecified atom stereocenters. The van der Waals surface area contributed by atoms with Gasteiger partial charge in [-0.15, -0.1) is 0 Å². The first-order valence-corrected chi connectivity index (χ1v) is 9.84. The third-order valence-electron chi connectivity index (χ3n) is 3.86. The van der Waals surface area contributed by atoms with Crippen LogP contribution in [0.25, 0.3) is 0 Å². The van der Waals surface area contributed by atoms with E-state index in [-0.39, 0.29) is 17.3 Å². The topological polar surface area (TPSA) is 68.3 Å². The normalized spacial score (nSPS) is 12.5. The molecule has 3 aromatic rings. The summed E-state index contributed by atoms with van der Waals surface area (Å²) in [6.45, 7) is 0. The summed E-state index contributed by atoms with van der Waals surface area (Å²) in [5, 5.41) is 0. The van der Waals surface area contributed by atoms with Gasteiger partial charge in [0, 0.05) is 18.0 Å². The first-order valence-electron chi connectivity index (χ1n) is 8.36. The van der Waals surface area contributed by atoms with Gasteiger partial charge in [-0.25, -0.2) is 13.4 Å². The lowest BCUT2D eigenvalue weighted by atomic mass is 10.2. The quantitative estimate of drug-likeness (QED) is 0.493. The third kappa shape index (κ3) is 5.66. The zero-order valence-corrected chi connectivity index (χ0v) is 16.0. The van der Waals surface area contributed by atoms with E-state index in [1.54, 1.807) is 0 Å². The molecule has 0 spiro atoms. The van der Waals surface area contributed by atoms with Crippen molar-refractivity contribution < 1.29 is 39.5 Å². The van der Waals surface area contributed by atoms with Crippen molar-refractivity contribution in [3.8, 4) is 11.6 Å². The largest absolute Gasteiger partial charge is 0.439 e. The number of nitrogens with one attached hydrogen (secondary N) is 1. The van der Waals surface area contributed by atoms with Gasteiger partial charge in [-0.05, 0) is 48.5 Å². The Bertz CT molecular complexity index is 1180. The molecule has 0 radical (unpaired) electrons. The van der Waals surface area contributed by atoms with Crippen molar-refractivity contribution in [3.63, 3.8) is 0 Å². The van der Waals surface area contributed by atoms with E-state index >= 15 is 0 Å². The van der Waals surface area contributed by atoms with Crippen molar-refractivity contribution in [3.05, 3.63) is 78.0 Å². The zero-order valence-electron chi connectivity index (χ0n) is 15.2. The zero-order chi connectivity index (χ0) is 22.9. The average molecular weight is 462 g/mol. The minimum atomic E-state index is -4.71. The van der Waals surface area contributed by atoms with Crippen molar-refractivity contribution in [2.75, 3.05) is 4.72 Å². The Kier molecular flexibility index (Phi) is 5.85. The van der Waals surface area contributed by atoms with Gasteiger partial charge in [0.15, 0.2) is 0 Å². The van der Waals surface area contributed by atoms with Gasteiger partial charge in [-0.1, -0.05) is 6.07 Å². The van der Waals surface area contributed by atoms with Crippen LogP contribution in [0.4, 0.5) is 32.0 Å². The maximum absolute atomic E-state index is 12.8. The van der Waals surface area contributed by atoms with Crippen LogP contribution in [0.1, 0.15) is 11.1 Å². The van der Waals surface area contributed by atoms with Crippen LogP contribution < -0.4 is 9.46 Å². The standard InChI is InChI=1S/C19H12F6N2O3S/c20-18(21,22)12-2-1-3-16(10-12)31(28,29)27-14-4-6-15(7-5-14)30-17-11-13(8-9-26-17)19(23,24)25/h1-11,27H. The summed E-state index contributed by atoms with van der Waals surface area (Å²) >= 11 is 0. The lowest BCUT2D eigenvalue weighted by molar-refractivity contribution is -0.138. The molecule has 2 aromatic carbocycles. The molecule has 164 valence electrons. The van der Waals surface area contributed by atoms with Crippen LogP contribution in [0.5, 0.6) is 11.6 Å². The number of sulfonamides is 1. The van der Waals surface area contributed by atoms with Gasteiger partial charge in [0.2, 0.25) is 5.88 Å². The highest BCUT2D eigenvalue weighted by atomic mass is 32.2. The van der Waals surface area contributed by atoms with E-state index in [1.807, 2.05) is 0 Å². The number of hydrogen-bond acceptors (Lipinski definition) is 4. The van der Waals surface area contributed by atoms with Gasteiger partial charge in [0.1, 0.15) is 5.75 Å². The van der Waals surface area contributed by atoms with Gasteiger partial charge in [-0.2, -0.15) is 26.3 Å². The van der Waals surface area contributed by atoms with Gasteiger partial charge in [-0.3, -0.25) is 4.72 Å². The van der Waals surface area contributed by atoms with E-state index in [0.29, 0.717) is 12.1 Å². The predicted octanol–water partition coefficient (Wildman–Crippen LogP) is 5.71. The summed E-state index contributed by atoms with van der Waals surface area (Å²) in [5.74, 6) is -0.263. The highest BCUT2D eigenvalue weighted by molar-refractivity contribution is 7.92. The fourth-order valence-corrected chi connectivity index (χ4v) is 3.51. The molecule has 0 aliphatic carbocycles. The molecule has 0 atom stereocenters. The minimum Gasteiger partial charge on any atom is -0.439 e. The van der Waals surface area contributed by atoms with Crippen molar-refractivity contribution >= 4 is 15.7 Å². The molecular formula is C19H12F6N2O3S. The molecule has 0 saturated carbocycles. The predicted molar refractivity (Wildman–Crippen MR) is 98.0 cm³/mol. The number of halogens is 6. The molecule has 0 saturated heterocycles. The number of nitrogens with zero attached hydrogens (tertiary/aromatic N) is 1. The number of hydrogen-bond donors (Lipinski definition) is 1. The summed E-state index contributed by atoms with van der Waals surface area (Å²) in [6, 6.07) is 9.67. The van der Waals surface area contributed by atoms with E-state index < -0.39 is 38.4 Å². The summed E-state index contributed by atoms with van der Waals surface area (Å²) < 4.78 is 109. The molecule has 0 amide bonds. The first kappa shape index (κ1) is 22.4. The van der Waals surface area contributed by atoms with Crippen molar-refractivity contribution in [1.29, 1.82) is 0 Å². The van der Waals surface area contributed by atoms with E-state index in [9.17, 15) is 34.8 Å². The Balaban J connectivity index is 1.75. The van der Waals surface area contributed by atoms with Crippen LogP contribution in [-0.2, 0) is 22.4 Å². The second-order valence-electron chi connectivity index (χ2n) is 6.14. The second kappa shape index (κ2) is 8.10. The van der Waals surface area contributed by atoms with Crippen molar-refractivity contribution in [2.24, 2.45) is 0 Å². The van der Waals surface area contributed by atoms with E-state index in [1.165, 1.54) is 24.3 Å². The van der Waals surface area contributed by atoms with Crippen LogP contribution in [-0.4, -0.2) is 13.4 Å². The molecule has 0 fully saturated rings. The van der Waals surface area contributed by atoms with E-state index in [2.05, 4.69) is 9.71 Å². The molecular weight excluding hydrogens is 450 g/mol. The van der Waals surface area contributed by atoms with Crippen LogP contribution in [0.3, 0.4) is 0 Å². The van der Waals surface area contributed by atoms with Gasteiger partial charge < -0.3 is 4.74 Å². The molecule has 31 heavy (non-hydrogen) atoms. The maximum atomic E-state index is 12.8. The third-order valence-corrected chi connectivity index (χ3v) is 5.24. The highest BCUT2D eigenvalue weighted by Crippen LogP contribution is 2.33. The maximum Gasteiger partial charge on any atom is 0.416 e. The lowest BCUT2D eigenvalue weighted by Crippen LogP contribution is -2.14. The SMILES string of the molecule is O=S(=O)(Nc1ccc(Oc2cc(C(F)(F)F)ccn2)cc1)c1cccc(C(F)(F)F)c1. The minimum absolute atomic E-state index is 0.00163. The van der Waals surface area contributed by atoms with Crippen LogP contribution in [0.2, 0.25) is 0 Å². The number of anilines is 1. The number of pyridine rings is 1. The second-order valence-corrected chi connectivity index (χ2v) is 7.82. The summed E-state index contributed by atoms with van der Waals surface area (Å²) in [6.07, 6.45) is -8.36. The van der Waals surface area contributed by atoms with Crippen molar-refractivity contribution in [2.45, 2.75) is 17.2 Å². The molecule has 1 heterocycles. The van der Waals surface area contributed by atoms with Gasteiger partial charge in [0.25, 0.3) is 10.0 Å². The monoisotopic (exact) mass is 462 g/mol. The molecule has 12 heteroatoms. The Hall–Kier alpha value is -3.28. The van der Waals surface area contributed by atoms with E-state index in [0.717, 1.165) is 30.5 Å². The molecule has 0 aliphatic rings. The van der Waals surface area contributed by atoms with Crippen LogP contribution in [0, 0.1) is 0 Å². The van der Waals surface area contributed by atoms with Gasteiger partial charge >= 0.3 is 12.4 Å². The van der Waals surface area contributed by atoms with Crippen LogP contribution in [0.15, 0.2) is 71.8 Å². The Morgan fingerprint density at radius 2 is 1.42 bits per heavy atom. The highest BCUT2D eigenvalue weighted by Gasteiger charge is 2.32. The number of ether oxygens (including phenoxy) is 1. The summed E-state index contributed by atoms with van der Waals surface area (Å²) in [5.41, 5.74) is -2.07. The fraction of sp³-hybridized carbons (Fsp3) is 0.105. The van der Waals surface area contributed by atoms with Crippen LogP contribution >= 0.6 is 0 Å². The first-order chi connectivity index (χ1) is 14.3. The summed E-state index contributed by atoms with van der Waals surface area (Å²) in [4.78, 5) is 3.08. The lowest BCUT2D eigenvalue weighted by Gasteiger charge is -2.12. The Labute approximate surface area is 172 Å². The number of alkyl halides is 6. The van der Waals surface area contributed by atoms with Gasteiger partial charge in [0.05, 0.1) is 16.0 Å². The summed E-state index contributed by atoms with van der Waals surface area (Å²) in [7, 11) is -4.32. The number of rotatable bonds is 5. The Morgan fingerprint density at radius 1 is 0.806 bits per heavy atom. The van der Waals surface area contributed by atoms with E-state index in [4.69, 9.17) is 4.74 Å². The molecule has 3 rings (SSSR count). The smallest absolute Gasteiger partial charge is 0.416 e. The number of benzene rings is 2. The molecule has 0 bridgehead atoms. The molecule has 1 N–H and O–H groups in total.